The zero-order chi connectivity index (χ0) is 32.5. The van der Waals surface area contributed by atoms with Crippen LogP contribution in [0.5, 0.6) is 5.75 Å². The van der Waals surface area contributed by atoms with Gasteiger partial charge < -0.3 is 24.4 Å². The van der Waals surface area contributed by atoms with E-state index in [2.05, 4.69) is 84.9 Å². The van der Waals surface area contributed by atoms with Gasteiger partial charge >= 0.3 is 0 Å². The van der Waals surface area contributed by atoms with Crippen LogP contribution in [0.25, 0.3) is 16.7 Å². The first-order valence-corrected chi connectivity index (χ1v) is 17.3. The van der Waals surface area contributed by atoms with Gasteiger partial charge in [-0.1, -0.05) is 42.5 Å². The van der Waals surface area contributed by atoms with Gasteiger partial charge in [-0.05, 0) is 90.8 Å². The summed E-state index contributed by atoms with van der Waals surface area (Å²) in [7, 11) is 1.60. The minimum Gasteiger partial charge on any atom is -0.496 e. The topological polar surface area (TPSA) is 106 Å². The molecule has 11 heteroatoms. The fourth-order valence-electron chi connectivity index (χ4n) is 7.75. The monoisotopic (exact) mass is 645 g/mol. The van der Waals surface area contributed by atoms with Gasteiger partial charge in [0.15, 0.2) is 0 Å². The van der Waals surface area contributed by atoms with E-state index in [1.165, 1.54) is 30.2 Å². The number of nitrogens with one attached hydrogen (secondary N) is 1. The molecule has 2 atom stereocenters. The second-order valence-electron chi connectivity index (χ2n) is 13.7. The van der Waals surface area contributed by atoms with Crippen LogP contribution in [0.15, 0.2) is 79.1 Å². The van der Waals surface area contributed by atoms with Crippen molar-refractivity contribution < 1.29 is 9.53 Å². The highest BCUT2D eigenvalue weighted by molar-refractivity contribution is 5.98. The second-order valence-corrected chi connectivity index (χ2v) is 13.7. The van der Waals surface area contributed by atoms with Gasteiger partial charge in [0.05, 0.1) is 29.4 Å². The zero-order valence-electron chi connectivity index (χ0n) is 27.5. The molecule has 2 saturated heterocycles. The molecule has 2 aromatic heterocycles. The molecule has 248 valence electrons. The summed E-state index contributed by atoms with van der Waals surface area (Å²) < 4.78 is 9.66. The molecule has 2 aliphatic heterocycles. The number of fused-ring (bicyclic) bond motifs is 1. The maximum atomic E-state index is 14.1. The summed E-state index contributed by atoms with van der Waals surface area (Å²) in [5.74, 6) is 2.42. The first-order valence-electron chi connectivity index (χ1n) is 17.3. The Labute approximate surface area is 280 Å². The summed E-state index contributed by atoms with van der Waals surface area (Å²) in [6.07, 6.45) is 8.19. The molecule has 1 unspecified atom stereocenters. The summed E-state index contributed by atoms with van der Waals surface area (Å²) >= 11 is 0. The van der Waals surface area contributed by atoms with Crippen LogP contribution in [0.4, 0.5) is 5.95 Å². The number of carbonyl (C=O) groups excluding carboxylic acids is 1. The molecule has 1 saturated carbocycles. The van der Waals surface area contributed by atoms with Gasteiger partial charge in [0.1, 0.15) is 12.1 Å². The number of rotatable bonds is 10. The first-order chi connectivity index (χ1) is 23.6. The predicted molar refractivity (Wildman–Crippen MR) is 185 cm³/mol. The van der Waals surface area contributed by atoms with Crippen LogP contribution in [-0.2, 0) is 12.0 Å². The Morgan fingerprint density at radius 3 is 2.67 bits per heavy atom. The van der Waals surface area contributed by atoms with Crippen molar-refractivity contribution in [1.29, 1.82) is 0 Å². The number of imidazole rings is 1. The molecule has 48 heavy (non-hydrogen) atoms. The number of carbonyl (C=O) groups is 1. The number of tetrazole rings is 1. The van der Waals surface area contributed by atoms with Crippen LogP contribution >= 0.6 is 0 Å². The van der Waals surface area contributed by atoms with Crippen molar-refractivity contribution in [1.82, 2.24) is 40.0 Å². The third-order valence-corrected chi connectivity index (χ3v) is 10.6. The van der Waals surface area contributed by atoms with Crippen molar-refractivity contribution >= 4 is 22.9 Å². The minimum absolute atomic E-state index is 0.0306. The number of nitrogens with zero attached hydrogens (tertiary/aromatic N) is 8. The Kier molecular flexibility index (Phi) is 8.29. The molecular weight excluding hydrogens is 602 g/mol. The van der Waals surface area contributed by atoms with E-state index in [1.54, 1.807) is 11.8 Å². The van der Waals surface area contributed by atoms with Crippen LogP contribution in [0, 0.1) is 5.92 Å². The fraction of sp³-hybridized carbons (Fsp3) is 0.432. The van der Waals surface area contributed by atoms with Gasteiger partial charge in [0.2, 0.25) is 5.95 Å². The summed E-state index contributed by atoms with van der Waals surface area (Å²) in [5.41, 5.74) is 4.76. The highest BCUT2D eigenvalue weighted by Gasteiger charge is 2.42. The largest absolute Gasteiger partial charge is 0.496 e. The Hall–Kier alpha value is -4.77. The summed E-state index contributed by atoms with van der Waals surface area (Å²) in [6, 6.07) is 25.2. The molecule has 1 aliphatic carbocycles. The number of hydrogen-bond donors (Lipinski definition) is 1. The van der Waals surface area contributed by atoms with Crippen LogP contribution < -0.4 is 15.0 Å². The number of anilines is 1. The van der Waals surface area contributed by atoms with E-state index >= 15 is 0 Å². The first kappa shape index (κ1) is 30.6. The summed E-state index contributed by atoms with van der Waals surface area (Å²) in [6.45, 7) is 5.27. The Balaban J connectivity index is 0.983. The number of ether oxygens (including phenoxy) is 1. The lowest BCUT2D eigenvalue weighted by Gasteiger charge is -2.32. The van der Waals surface area contributed by atoms with Crippen LogP contribution in [-0.4, -0.2) is 86.4 Å². The number of benzene rings is 3. The number of methoxy groups -OCH3 is 1. The molecule has 3 fully saturated rings. The van der Waals surface area contributed by atoms with Gasteiger partial charge in [-0.3, -0.25) is 4.79 Å². The SMILES string of the molecule is COc1ccc(-n2cnnn2)cc1C(=O)N1CC[C@](CCC2CCN(c3nc4ccccc4n3CC3CC3)CCN2)(c2ccccc2)C1. The number of hydrogen-bond acceptors (Lipinski definition) is 8. The van der Waals surface area contributed by atoms with Crippen molar-refractivity contribution in [3.05, 3.63) is 90.3 Å². The Morgan fingerprint density at radius 2 is 1.85 bits per heavy atom. The van der Waals surface area contributed by atoms with Gasteiger partial charge in [-0.25, -0.2) is 9.67 Å². The van der Waals surface area contributed by atoms with E-state index in [-0.39, 0.29) is 11.3 Å². The quantitative estimate of drug-likeness (QED) is 0.230. The molecular formula is C37H43N9O2. The molecule has 0 bridgehead atoms. The fourth-order valence-corrected chi connectivity index (χ4v) is 7.75. The summed E-state index contributed by atoms with van der Waals surface area (Å²) in [5, 5.41) is 15.4. The smallest absolute Gasteiger partial charge is 0.257 e. The van der Waals surface area contributed by atoms with Crippen molar-refractivity contribution in [2.45, 2.75) is 56.5 Å². The molecule has 8 rings (SSSR count). The predicted octanol–water partition coefficient (Wildman–Crippen LogP) is 4.86. The van der Waals surface area contributed by atoms with Gasteiger partial charge in [-0.15, -0.1) is 5.10 Å². The number of para-hydroxylation sites is 2. The average Bonchev–Trinajstić information content (AvgIpc) is 3.49. The van der Waals surface area contributed by atoms with Crippen molar-refractivity contribution in [2.75, 3.05) is 44.7 Å². The zero-order valence-corrected chi connectivity index (χ0v) is 27.5. The van der Waals surface area contributed by atoms with Crippen LogP contribution in [0.2, 0.25) is 0 Å². The van der Waals surface area contributed by atoms with E-state index in [0.717, 1.165) is 69.2 Å². The molecule has 5 aromatic rings. The van der Waals surface area contributed by atoms with Crippen molar-refractivity contribution in [3.8, 4) is 11.4 Å². The van der Waals surface area contributed by atoms with E-state index in [9.17, 15) is 4.79 Å². The van der Waals surface area contributed by atoms with Crippen molar-refractivity contribution in [3.63, 3.8) is 0 Å². The average molecular weight is 646 g/mol. The molecule has 4 heterocycles. The minimum atomic E-state index is -0.122. The standard InChI is InChI=1S/C37H43N9O2/c1-48-34-14-13-30(46-26-39-41-42-46)23-31(34)35(47)44-21-18-37(25-44,28-7-3-2-4-8-28)17-15-29-16-20-43(22-19-38-29)36-40-32-9-5-6-10-33(32)45(36)24-27-11-12-27/h2-10,13-14,23,26-27,29,38H,11-12,15-22,24-25H2,1H3/t29?,37-/m0/s1. The molecule has 1 N–H and O–H groups in total. The number of amides is 1. The summed E-state index contributed by atoms with van der Waals surface area (Å²) in [4.78, 5) is 23.7. The maximum absolute atomic E-state index is 14.1. The van der Waals surface area contributed by atoms with Crippen molar-refractivity contribution in [2.24, 2.45) is 5.92 Å². The lowest BCUT2D eigenvalue weighted by atomic mass is 9.75. The normalized spacial score (nSPS) is 21.5. The molecule has 0 spiro atoms. The molecule has 11 nitrogen and oxygen atoms in total. The van der Waals surface area contributed by atoms with E-state index in [1.807, 2.05) is 23.1 Å². The van der Waals surface area contributed by atoms with E-state index in [4.69, 9.17) is 9.72 Å². The molecule has 0 radical (unpaired) electrons. The highest BCUT2D eigenvalue weighted by Crippen LogP contribution is 2.41. The molecule has 3 aliphatic rings. The highest BCUT2D eigenvalue weighted by atomic mass is 16.5. The molecule has 1 amide bonds. The third kappa shape index (κ3) is 6.03. The maximum Gasteiger partial charge on any atom is 0.257 e. The Bertz CT molecular complexity index is 1870. The van der Waals surface area contributed by atoms with E-state index in [0.29, 0.717) is 36.1 Å². The van der Waals surface area contributed by atoms with Crippen LogP contribution in [0.1, 0.15) is 54.4 Å². The second kappa shape index (κ2) is 13.0. The lowest BCUT2D eigenvalue weighted by Crippen LogP contribution is -2.37. The lowest BCUT2D eigenvalue weighted by molar-refractivity contribution is 0.0778. The third-order valence-electron chi connectivity index (χ3n) is 10.6. The van der Waals surface area contributed by atoms with Gasteiger partial charge in [0, 0.05) is 50.7 Å². The Morgan fingerprint density at radius 1 is 1.00 bits per heavy atom. The van der Waals surface area contributed by atoms with Gasteiger partial charge in [-0.2, -0.15) is 0 Å². The van der Waals surface area contributed by atoms with Crippen LogP contribution in [0.3, 0.4) is 0 Å². The number of aromatic nitrogens is 6. The molecule has 3 aromatic carbocycles. The van der Waals surface area contributed by atoms with E-state index < -0.39 is 0 Å². The number of likely N-dealkylation sites (tertiary alicyclic amines) is 1. The van der Waals surface area contributed by atoms with Gasteiger partial charge in [0.25, 0.3) is 5.91 Å².